The number of hydrogen-bond acceptors (Lipinski definition) is 7. The molecule has 1 saturated carbocycles. The van der Waals surface area contributed by atoms with E-state index in [2.05, 4.69) is 41.8 Å². The first-order chi connectivity index (χ1) is 22.8. The second-order valence-electron chi connectivity index (χ2n) is 15.8. The maximum atomic E-state index is 13.1. The monoisotopic (exact) mass is 694 g/mol. The van der Waals surface area contributed by atoms with E-state index in [0.717, 1.165) is 94.9 Å². The highest BCUT2D eigenvalue weighted by atomic mass is 35.5. The number of hydrogen-bond donors (Lipinski definition) is 2. The van der Waals surface area contributed by atoms with E-state index < -0.39 is 0 Å². The average Bonchev–Trinajstić information content (AvgIpc) is 3.47. The molecular weight excluding hydrogens is 647 g/mol. The fourth-order valence-electron chi connectivity index (χ4n) is 9.81. The van der Waals surface area contributed by atoms with Crippen molar-refractivity contribution in [1.29, 1.82) is 5.41 Å². The number of carbonyl (C=O) groups excluding carboxylic acids is 2. The van der Waals surface area contributed by atoms with Crippen molar-refractivity contribution in [1.82, 2.24) is 24.5 Å². The third-order valence-corrected chi connectivity index (χ3v) is 12.9. The van der Waals surface area contributed by atoms with Crippen LogP contribution in [0.5, 0.6) is 0 Å². The van der Waals surface area contributed by atoms with E-state index in [1.807, 2.05) is 16.8 Å². The van der Waals surface area contributed by atoms with Crippen LogP contribution in [0.15, 0.2) is 18.7 Å². The number of piperidine rings is 2. The summed E-state index contributed by atoms with van der Waals surface area (Å²) < 4.78 is 2.15. The van der Waals surface area contributed by atoms with E-state index in [1.165, 1.54) is 12.3 Å². The topological polar surface area (TPSA) is 115 Å². The molecule has 1 spiro atoms. The molecule has 12 heteroatoms. The predicted molar refractivity (Wildman–Crippen MR) is 192 cm³/mol. The number of nitrogen functional groups attached to an aromatic ring is 1. The van der Waals surface area contributed by atoms with Crippen LogP contribution in [0.25, 0.3) is 11.1 Å². The van der Waals surface area contributed by atoms with E-state index in [9.17, 15) is 9.59 Å². The van der Waals surface area contributed by atoms with Gasteiger partial charge in [0.15, 0.2) is 5.82 Å². The van der Waals surface area contributed by atoms with E-state index in [0.29, 0.717) is 38.7 Å². The number of nitrogens with one attached hydrogen (secondary N) is 1. The summed E-state index contributed by atoms with van der Waals surface area (Å²) >= 11 is 13.6. The minimum absolute atomic E-state index is 0.0100. The van der Waals surface area contributed by atoms with Gasteiger partial charge in [-0.1, -0.05) is 29.8 Å². The van der Waals surface area contributed by atoms with Crippen LogP contribution in [0.1, 0.15) is 69.7 Å². The molecule has 1 aromatic carbocycles. The number of likely N-dealkylation sites (N-methyl/N-ethyl adjacent to an activating group) is 1. The van der Waals surface area contributed by atoms with Crippen LogP contribution >= 0.6 is 23.2 Å². The molecule has 48 heavy (non-hydrogen) atoms. The normalized spacial score (nSPS) is 26.8. The molecule has 3 N–H and O–H groups in total. The molecule has 1 aliphatic carbocycles. The Morgan fingerprint density at radius 3 is 2.56 bits per heavy atom. The van der Waals surface area contributed by atoms with E-state index in [1.54, 1.807) is 6.07 Å². The van der Waals surface area contributed by atoms with Crippen molar-refractivity contribution in [3.8, 4) is 11.1 Å². The summed E-state index contributed by atoms with van der Waals surface area (Å²) in [6.45, 7) is 15.4. The maximum Gasteiger partial charge on any atom is 0.245 e. The van der Waals surface area contributed by atoms with Crippen LogP contribution in [0.3, 0.4) is 0 Å². The molecule has 5 aliphatic rings. The van der Waals surface area contributed by atoms with Crippen molar-refractivity contribution in [2.24, 2.45) is 17.3 Å². The largest absolute Gasteiger partial charge is 0.398 e. The standard InChI is InChI=1S/C36H48Cl2N8O2/c1-6-28(47)44-19-36(20-44)14-24(15-36)46-21(2)29(30-25(16-39)27(40)12-26(37)31(30)38)33(41-46)45-11-9-22(13-35(45,3)4)17-43-10-7-8-23-18-42(5)34(48)32(23)43/h6,12,16,22-24,32,39H,1,7-11,13-15,17-20,40H2,2-5H3/t22-,23?,32?/m1/s1. The van der Waals surface area contributed by atoms with Crippen molar-refractivity contribution in [3.05, 3.63) is 40.0 Å². The lowest BCUT2D eigenvalue weighted by Crippen LogP contribution is -2.63. The van der Waals surface area contributed by atoms with Gasteiger partial charge in [-0.25, -0.2) is 0 Å². The van der Waals surface area contributed by atoms with Gasteiger partial charge in [0.25, 0.3) is 0 Å². The number of anilines is 2. The number of benzene rings is 1. The van der Waals surface area contributed by atoms with Gasteiger partial charge in [-0.05, 0) is 83.9 Å². The Morgan fingerprint density at radius 1 is 1.17 bits per heavy atom. The van der Waals surface area contributed by atoms with E-state index in [4.69, 9.17) is 39.4 Å². The number of rotatable bonds is 7. The summed E-state index contributed by atoms with van der Waals surface area (Å²) in [4.78, 5) is 33.9. The highest BCUT2D eigenvalue weighted by Gasteiger charge is 2.55. The van der Waals surface area contributed by atoms with Gasteiger partial charge in [-0.2, -0.15) is 5.10 Å². The second kappa shape index (κ2) is 12.1. The van der Waals surface area contributed by atoms with Gasteiger partial charge in [-0.3, -0.25) is 19.2 Å². The molecule has 3 atom stereocenters. The Kier molecular flexibility index (Phi) is 8.39. The average molecular weight is 696 g/mol. The smallest absolute Gasteiger partial charge is 0.245 e. The fraction of sp³-hybridized carbons (Fsp3) is 0.611. The molecule has 0 radical (unpaired) electrons. The molecular formula is C36H48Cl2N8O2. The number of aromatic nitrogens is 2. The second-order valence-corrected chi connectivity index (χ2v) is 16.6. The number of halogens is 2. The Morgan fingerprint density at radius 2 is 1.90 bits per heavy atom. The van der Waals surface area contributed by atoms with Crippen molar-refractivity contribution < 1.29 is 9.59 Å². The van der Waals surface area contributed by atoms with Gasteiger partial charge in [0.2, 0.25) is 11.8 Å². The fourth-order valence-corrected chi connectivity index (χ4v) is 10.3. The molecule has 2 amide bonds. The first-order valence-electron chi connectivity index (χ1n) is 17.3. The van der Waals surface area contributed by atoms with Gasteiger partial charge < -0.3 is 25.8 Å². The minimum Gasteiger partial charge on any atom is -0.398 e. The Bertz CT molecular complexity index is 1670. The maximum absolute atomic E-state index is 13.1. The van der Waals surface area contributed by atoms with Crippen molar-refractivity contribution in [3.63, 3.8) is 0 Å². The van der Waals surface area contributed by atoms with E-state index >= 15 is 0 Å². The molecule has 10 nitrogen and oxygen atoms in total. The lowest BCUT2D eigenvalue weighted by atomic mass is 9.60. The number of amides is 2. The summed E-state index contributed by atoms with van der Waals surface area (Å²) in [6, 6.07) is 1.82. The summed E-state index contributed by atoms with van der Waals surface area (Å²) in [5.41, 5.74) is 9.76. The van der Waals surface area contributed by atoms with Gasteiger partial charge in [0.1, 0.15) is 0 Å². The molecule has 5 fully saturated rings. The van der Waals surface area contributed by atoms with Crippen molar-refractivity contribution in [2.75, 3.05) is 56.9 Å². The SMILES string of the molecule is C=CC(=O)N1CC2(CC(n3nc(N4CC[C@@H](CN5CCCC6CN(C)C(=O)C65)CC4(C)C)c(-c4c(Cl)c(Cl)cc(N)c4C=N)c3C)C2)C1. The first-order valence-corrected chi connectivity index (χ1v) is 18.1. The molecule has 0 bridgehead atoms. The van der Waals surface area contributed by atoms with Crippen molar-refractivity contribution in [2.45, 2.75) is 76.9 Å². The summed E-state index contributed by atoms with van der Waals surface area (Å²) in [5.74, 6) is 2.00. The zero-order chi connectivity index (χ0) is 34.3. The quantitative estimate of drug-likeness (QED) is 0.220. The Labute approximate surface area is 293 Å². The Hall–Kier alpha value is -3.08. The van der Waals surface area contributed by atoms with Gasteiger partial charge >= 0.3 is 0 Å². The molecule has 4 aliphatic heterocycles. The lowest BCUT2D eigenvalue weighted by Gasteiger charge is -2.58. The molecule has 5 heterocycles. The van der Waals surface area contributed by atoms with E-state index in [-0.39, 0.29) is 34.9 Å². The molecule has 2 aromatic rings. The summed E-state index contributed by atoms with van der Waals surface area (Å²) in [5, 5.41) is 14.4. The molecule has 1 aromatic heterocycles. The molecule has 2 unspecified atom stereocenters. The molecule has 258 valence electrons. The van der Waals surface area contributed by atoms with Crippen molar-refractivity contribution >= 4 is 52.7 Å². The third kappa shape index (κ3) is 5.33. The first kappa shape index (κ1) is 33.4. The summed E-state index contributed by atoms with van der Waals surface area (Å²) in [6.07, 6.45) is 8.75. The van der Waals surface area contributed by atoms with Crippen LogP contribution in [-0.4, -0.2) is 100 Å². The van der Waals surface area contributed by atoms with Crippen LogP contribution in [0.4, 0.5) is 11.5 Å². The zero-order valence-electron chi connectivity index (χ0n) is 28.6. The zero-order valence-corrected chi connectivity index (χ0v) is 30.1. The van der Waals surface area contributed by atoms with Crippen LogP contribution in [-0.2, 0) is 9.59 Å². The number of nitrogens with two attached hydrogens (primary N) is 1. The van der Waals surface area contributed by atoms with Crippen LogP contribution in [0, 0.1) is 29.6 Å². The number of carbonyl (C=O) groups is 2. The van der Waals surface area contributed by atoms with Crippen LogP contribution in [0.2, 0.25) is 10.0 Å². The highest BCUT2D eigenvalue weighted by Crippen LogP contribution is 2.56. The van der Waals surface area contributed by atoms with Crippen LogP contribution < -0.4 is 10.6 Å². The molecule has 4 saturated heterocycles. The number of fused-ring (bicyclic) bond motifs is 1. The molecule has 7 rings (SSSR count). The van der Waals surface area contributed by atoms with Gasteiger partial charge in [0.05, 0.1) is 22.1 Å². The number of nitrogens with zero attached hydrogens (tertiary/aromatic N) is 6. The summed E-state index contributed by atoms with van der Waals surface area (Å²) in [7, 11) is 1.94. The van der Waals surface area contributed by atoms with Gasteiger partial charge in [-0.15, -0.1) is 0 Å². The predicted octanol–water partition coefficient (Wildman–Crippen LogP) is 5.64. The Balaban J connectivity index is 1.20. The lowest BCUT2D eigenvalue weighted by molar-refractivity contribution is -0.149. The highest BCUT2D eigenvalue weighted by molar-refractivity contribution is 6.44. The minimum atomic E-state index is -0.239. The number of likely N-dealkylation sites (tertiary alicyclic amines) is 3. The third-order valence-electron chi connectivity index (χ3n) is 12.1. The van der Waals surface area contributed by atoms with Gasteiger partial charge in [0, 0.05) is 90.9 Å².